The van der Waals surface area contributed by atoms with Crippen molar-refractivity contribution in [2.45, 2.75) is 29.1 Å². The minimum Gasteiger partial charge on any atom is -0.298 e. The van der Waals surface area contributed by atoms with Gasteiger partial charge >= 0.3 is 0 Å². The largest absolute Gasteiger partial charge is 0.298 e. The average molecular weight is 289 g/mol. The zero-order chi connectivity index (χ0) is 13.2. The number of fused-ring (bicyclic) bond motifs is 1. The fraction of sp³-hybridized carbons (Fsp3) is 0.188. The Hall–Kier alpha value is -1.25. The van der Waals surface area contributed by atoms with Crippen LogP contribution in [0.3, 0.4) is 0 Å². The Morgan fingerprint density at radius 2 is 1.89 bits per heavy atom. The Kier molecular flexibility index (Phi) is 3.63. The number of benzene rings is 2. The summed E-state index contributed by atoms with van der Waals surface area (Å²) in [7, 11) is 0. The second kappa shape index (κ2) is 5.40. The van der Waals surface area contributed by atoms with Crippen molar-refractivity contribution in [3.63, 3.8) is 0 Å². The fourth-order valence-corrected chi connectivity index (χ4v) is 3.68. The summed E-state index contributed by atoms with van der Waals surface area (Å²) in [6.07, 6.45) is 4.49. The summed E-state index contributed by atoms with van der Waals surface area (Å²) in [5.74, 6) is 0. The van der Waals surface area contributed by atoms with Gasteiger partial charge in [0.05, 0.1) is 0 Å². The number of halogens is 1. The van der Waals surface area contributed by atoms with Crippen LogP contribution in [0.15, 0.2) is 46.2 Å². The van der Waals surface area contributed by atoms with Crippen molar-refractivity contribution in [3.8, 4) is 0 Å². The van der Waals surface area contributed by atoms with E-state index in [9.17, 15) is 4.79 Å². The molecular formula is C16H13ClOS. The first kappa shape index (κ1) is 12.8. The Labute approximate surface area is 122 Å². The van der Waals surface area contributed by atoms with Crippen molar-refractivity contribution >= 4 is 29.6 Å². The highest BCUT2D eigenvalue weighted by Crippen LogP contribution is 2.34. The van der Waals surface area contributed by atoms with Gasteiger partial charge < -0.3 is 0 Å². The predicted molar refractivity (Wildman–Crippen MR) is 79.4 cm³/mol. The van der Waals surface area contributed by atoms with Gasteiger partial charge in [0.15, 0.2) is 6.29 Å². The number of hydrogen-bond donors (Lipinski definition) is 0. The van der Waals surface area contributed by atoms with E-state index in [1.807, 2.05) is 6.07 Å². The predicted octanol–water partition coefficient (Wildman–Crippen LogP) is 4.79. The Morgan fingerprint density at radius 3 is 2.74 bits per heavy atom. The summed E-state index contributed by atoms with van der Waals surface area (Å²) in [5.41, 5.74) is 3.60. The van der Waals surface area contributed by atoms with E-state index in [2.05, 4.69) is 18.2 Å². The maximum absolute atomic E-state index is 11.1. The lowest BCUT2D eigenvalue weighted by atomic mass is 10.1. The van der Waals surface area contributed by atoms with Gasteiger partial charge in [-0.1, -0.05) is 29.4 Å². The van der Waals surface area contributed by atoms with Gasteiger partial charge in [0.2, 0.25) is 0 Å². The molecule has 0 amide bonds. The average Bonchev–Trinajstić information content (AvgIpc) is 2.86. The van der Waals surface area contributed by atoms with Gasteiger partial charge in [-0.05, 0) is 60.7 Å². The lowest BCUT2D eigenvalue weighted by Gasteiger charge is -2.07. The van der Waals surface area contributed by atoms with E-state index in [4.69, 9.17) is 11.6 Å². The van der Waals surface area contributed by atoms with E-state index in [0.29, 0.717) is 10.6 Å². The van der Waals surface area contributed by atoms with Gasteiger partial charge in [0.1, 0.15) is 0 Å². The molecule has 0 N–H and O–H groups in total. The molecule has 1 aliphatic carbocycles. The normalized spacial score (nSPS) is 13.3. The highest BCUT2D eigenvalue weighted by molar-refractivity contribution is 7.99. The maximum Gasteiger partial charge on any atom is 0.151 e. The van der Waals surface area contributed by atoms with Crippen molar-refractivity contribution in [3.05, 3.63) is 58.1 Å². The maximum atomic E-state index is 11.1. The third-order valence-electron chi connectivity index (χ3n) is 3.40. The molecule has 1 nitrogen and oxygen atoms in total. The molecule has 0 heterocycles. The van der Waals surface area contributed by atoms with Gasteiger partial charge in [-0.2, -0.15) is 0 Å². The minimum atomic E-state index is 0.661. The SMILES string of the molecule is O=Cc1ccc(Cl)cc1Sc1ccc2c(c1)CCC2. The zero-order valence-electron chi connectivity index (χ0n) is 10.4. The first-order chi connectivity index (χ1) is 9.26. The van der Waals surface area contributed by atoms with Crippen molar-refractivity contribution in [2.24, 2.45) is 0 Å². The van der Waals surface area contributed by atoms with Crippen LogP contribution < -0.4 is 0 Å². The van der Waals surface area contributed by atoms with E-state index in [0.717, 1.165) is 11.2 Å². The number of rotatable bonds is 3. The molecule has 0 fully saturated rings. The number of carbonyl (C=O) groups excluding carboxylic acids is 1. The molecule has 0 aromatic heterocycles. The van der Waals surface area contributed by atoms with E-state index in [1.165, 1.54) is 35.3 Å². The summed E-state index contributed by atoms with van der Waals surface area (Å²) in [4.78, 5) is 13.1. The molecule has 1 aliphatic rings. The molecule has 0 atom stereocenters. The Balaban J connectivity index is 1.93. The van der Waals surface area contributed by atoms with E-state index >= 15 is 0 Å². The smallest absolute Gasteiger partial charge is 0.151 e. The molecule has 0 saturated carbocycles. The van der Waals surface area contributed by atoms with E-state index in [1.54, 1.807) is 23.9 Å². The number of carbonyl (C=O) groups is 1. The third-order valence-corrected chi connectivity index (χ3v) is 4.70. The van der Waals surface area contributed by atoms with Crippen LogP contribution in [-0.2, 0) is 12.8 Å². The van der Waals surface area contributed by atoms with Crippen molar-refractivity contribution in [2.75, 3.05) is 0 Å². The molecule has 0 spiro atoms. The van der Waals surface area contributed by atoms with Gasteiger partial charge in [-0.15, -0.1) is 0 Å². The van der Waals surface area contributed by atoms with E-state index < -0.39 is 0 Å². The van der Waals surface area contributed by atoms with Crippen LogP contribution in [0, 0.1) is 0 Å². The lowest BCUT2D eigenvalue weighted by Crippen LogP contribution is -1.87. The van der Waals surface area contributed by atoms with Crippen molar-refractivity contribution in [1.82, 2.24) is 0 Å². The minimum absolute atomic E-state index is 0.661. The lowest BCUT2D eigenvalue weighted by molar-refractivity contribution is 0.112. The quantitative estimate of drug-likeness (QED) is 0.755. The number of hydrogen-bond acceptors (Lipinski definition) is 2. The monoisotopic (exact) mass is 288 g/mol. The van der Waals surface area contributed by atoms with Crippen LogP contribution in [0.1, 0.15) is 27.9 Å². The summed E-state index contributed by atoms with van der Waals surface area (Å²) in [6, 6.07) is 11.9. The summed E-state index contributed by atoms with van der Waals surface area (Å²) >= 11 is 7.61. The van der Waals surface area contributed by atoms with Crippen molar-refractivity contribution < 1.29 is 4.79 Å². The molecule has 0 saturated heterocycles. The van der Waals surface area contributed by atoms with Crippen LogP contribution in [0.25, 0.3) is 0 Å². The van der Waals surface area contributed by atoms with Crippen molar-refractivity contribution in [1.29, 1.82) is 0 Å². The molecule has 96 valence electrons. The number of aldehydes is 1. The Bertz CT molecular complexity index is 637. The molecule has 19 heavy (non-hydrogen) atoms. The van der Waals surface area contributed by atoms with Crippen LogP contribution in [-0.4, -0.2) is 6.29 Å². The molecule has 0 aliphatic heterocycles. The zero-order valence-corrected chi connectivity index (χ0v) is 11.9. The highest BCUT2D eigenvalue weighted by atomic mass is 35.5. The molecule has 3 rings (SSSR count). The topological polar surface area (TPSA) is 17.1 Å². The van der Waals surface area contributed by atoms with Gasteiger partial charge in [0, 0.05) is 20.4 Å². The second-order valence-electron chi connectivity index (χ2n) is 4.69. The van der Waals surface area contributed by atoms with Crippen LogP contribution >= 0.6 is 23.4 Å². The second-order valence-corrected chi connectivity index (χ2v) is 6.24. The molecule has 2 aromatic rings. The molecule has 0 bridgehead atoms. The first-order valence-corrected chi connectivity index (χ1v) is 7.50. The summed E-state index contributed by atoms with van der Waals surface area (Å²) in [6.45, 7) is 0. The molecule has 0 radical (unpaired) electrons. The standard InChI is InChI=1S/C16H13ClOS/c17-14-6-4-13(10-18)16(9-14)19-15-7-5-11-2-1-3-12(11)8-15/h4-10H,1-3H2. The van der Waals surface area contributed by atoms with Gasteiger partial charge in [0.25, 0.3) is 0 Å². The van der Waals surface area contributed by atoms with E-state index in [-0.39, 0.29) is 0 Å². The summed E-state index contributed by atoms with van der Waals surface area (Å²) < 4.78 is 0. The molecule has 3 heteroatoms. The van der Waals surface area contributed by atoms with Gasteiger partial charge in [-0.25, -0.2) is 0 Å². The fourth-order valence-electron chi connectivity index (χ4n) is 2.43. The van der Waals surface area contributed by atoms with Gasteiger partial charge in [-0.3, -0.25) is 4.79 Å². The van der Waals surface area contributed by atoms with Crippen LogP contribution in [0.2, 0.25) is 5.02 Å². The summed E-state index contributed by atoms with van der Waals surface area (Å²) in [5, 5.41) is 0.661. The third kappa shape index (κ3) is 2.70. The Morgan fingerprint density at radius 1 is 1.05 bits per heavy atom. The highest BCUT2D eigenvalue weighted by Gasteiger charge is 2.12. The van der Waals surface area contributed by atoms with Crippen LogP contribution in [0.4, 0.5) is 0 Å². The molecule has 2 aromatic carbocycles. The number of aryl methyl sites for hydroxylation is 2. The molecule has 0 unspecified atom stereocenters. The first-order valence-electron chi connectivity index (χ1n) is 6.30. The van der Waals surface area contributed by atoms with Crippen LogP contribution in [0.5, 0.6) is 0 Å². The molecular weight excluding hydrogens is 276 g/mol.